The van der Waals surface area contributed by atoms with Gasteiger partial charge in [0.05, 0.1) is 6.61 Å². The summed E-state index contributed by atoms with van der Waals surface area (Å²) in [5, 5.41) is 10.4. The summed E-state index contributed by atoms with van der Waals surface area (Å²) in [5.74, 6) is 0.0636. The number of rotatable bonds is 10. The average molecular weight is 409 g/mol. The Morgan fingerprint density at radius 1 is 1.00 bits per heavy atom. The van der Waals surface area contributed by atoms with Crippen molar-refractivity contribution in [2.24, 2.45) is 0 Å². The van der Waals surface area contributed by atoms with Crippen molar-refractivity contribution in [1.29, 1.82) is 0 Å². The molecule has 2 nitrogen and oxygen atoms in total. The van der Waals surface area contributed by atoms with Crippen LogP contribution < -0.4 is 4.74 Å². The Labute approximate surface area is 158 Å². The Bertz CT molecular complexity index is 643. The van der Waals surface area contributed by atoms with E-state index in [1.54, 1.807) is 24.3 Å². The predicted octanol–water partition coefficient (Wildman–Crippen LogP) is 6.41. The molecule has 1 unspecified atom stereocenters. The van der Waals surface area contributed by atoms with Crippen LogP contribution in [0, 0.1) is 5.82 Å². The fraction of sp³-hybridized carbons (Fsp3) is 0.429. The topological polar surface area (TPSA) is 29.5 Å². The molecule has 0 saturated carbocycles. The maximum atomic E-state index is 14.3. The van der Waals surface area contributed by atoms with E-state index in [-0.39, 0.29) is 5.56 Å². The highest BCUT2D eigenvalue weighted by molar-refractivity contribution is 9.10. The first-order valence-corrected chi connectivity index (χ1v) is 9.77. The van der Waals surface area contributed by atoms with E-state index >= 15 is 0 Å². The molecule has 25 heavy (non-hydrogen) atoms. The summed E-state index contributed by atoms with van der Waals surface area (Å²) < 4.78 is 20.9. The molecule has 0 aliphatic heterocycles. The molecule has 0 aliphatic rings. The van der Waals surface area contributed by atoms with E-state index in [0.717, 1.165) is 17.3 Å². The van der Waals surface area contributed by atoms with Crippen molar-refractivity contribution in [2.45, 2.75) is 51.6 Å². The molecule has 0 saturated heterocycles. The highest BCUT2D eigenvalue weighted by Gasteiger charge is 2.15. The third-order valence-corrected chi connectivity index (χ3v) is 4.75. The van der Waals surface area contributed by atoms with Crippen LogP contribution in [0.1, 0.15) is 62.7 Å². The van der Waals surface area contributed by atoms with Crippen molar-refractivity contribution in [2.75, 3.05) is 6.61 Å². The molecule has 0 fully saturated rings. The smallest absolute Gasteiger partial charge is 0.133 e. The Balaban J connectivity index is 1.86. The van der Waals surface area contributed by atoms with Gasteiger partial charge in [-0.2, -0.15) is 0 Å². The largest absolute Gasteiger partial charge is 0.493 e. The molecule has 2 rings (SSSR count). The lowest BCUT2D eigenvalue weighted by Gasteiger charge is -2.14. The molecule has 1 N–H and O–H groups in total. The minimum atomic E-state index is -0.985. The van der Waals surface area contributed by atoms with Gasteiger partial charge in [0.1, 0.15) is 17.7 Å². The summed E-state index contributed by atoms with van der Waals surface area (Å²) in [6, 6.07) is 11.9. The summed E-state index contributed by atoms with van der Waals surface area (Å²) in [6.07, 6.45) is 6.16. The minimum absolute atomic E-state index is 0.259. The van der Waals surface area contributed by atoms with Crippen LogP contribution in [-0.4, -0.2) is 11.7 Å². The fourth-order valence-corrected chi connectivity index (χ4v) is 2.98. The van der Waals surface area contributed by atoms with E-state index < -0.39 is 11.9 Å². The van der Waals surface area contributed by atoms with Crippen molar-refractivity contribution in [3.8, 4) is 5.75 Å². The zero-order valence-electron chi connectivity index (χ0n) is 14.7. The van der Waals surface area contributed by atoms with E-state index in [9.17, 15) is 9.50 Å². The van der Waals surface area contributed by atoms with Crippen molar-refractivity contribution in [3.05, 3.63) is 63.9 Å². The first-order valence-electron chi connectivity index (χ1n) is 8.97. The molecule has 0 radical (unpaired) electrons. The summed E-state index contributed by atoms with van der Waals surface area (Å²) >= 11 is 3.35. The number of halogens is 2. The van der Waals surface area contributed by atoms with Crippen LogP contribution in [0.3, 0.4) is 0 Å². The van der Waals surface area contributed by atoms with Gasteiger partial charge in [-0.25, -0.2) is 4.39 Å². The van der Waals surface area contributed by atoms with Gasteiger partial charge in [0, 0.05) is 16.1 Å². The van der Waals surface area contributed by atoms with Gasteiger partial charge >= 0.3 is 0 Å². The molecule has 2 aromatic rings. The number of benzene rings is 2. The zero-order valence-corrected chi connectivity index (χ0v) is 16.3. The Hall–Kier alpha value is -1.39. The summed E-state index contributed by atoms with van der Waals surface area (Å²) in [4.78, 5) is 0. The maximum absolute atomic E-state index is 14.3. The minimum Gasteiger partial charge on any atom is -0.493 e. The number of hydrogen-bond acceptors (Lipinski definition) is 2. The molecular weight excluding hydrogens is 383 g/mol. The third kappa shape index (κ3) is 6.44. The highest BCUT2D eigenvalue weighted by atomic mass is 79.9. The summed E-state index contributed by atoms with van der Waals surface area (Å²) in [6.45, 7) is 2.80. The standard InChI is InChI=1S/C21H26BrFO2/c1-2-3-4-5-6-7-14-25-18-12-13-19(20(23)15-18)21(24)16-8-10-17(22)11-9-16/h8-13,15,21,24H,2-7,14H2,1H3. The third-order valence-electron chi connectivity index (χ3n) is 4.22. The SMILES string of the molecule is CCCCCCCCOc1ccc(C(O)c2ccc(Br)cc2)c(F)c1. The molecule has 136 valence electrons. The average Bonchev–Trinajstić information content (AvgIpc) is 2.61. The molecule has 2 aromatic carbocycles. The van der Waals surface area contributed by atoms with E-state index in [1.807, 2.05) is 12.1 Å². The Morgan fingerprint density at radius 2 is 1.68 bits per heavy atom. The monoisotopic (exact) mass is 408 g/mol. The number of aliphatic hydroxyl groups is 1. The van der Waals surface area contributed by atoms with Gasteiger partial charge in [0.2, 0.25) is 0 Å². The van der Waals surface area contributed by atoms with Gasteiger partial charge in [-0.1, -0.05) is 67.1 Å². The van der Waals surface area contributed by atoms with Crippen molar-refractivity contribution >= 4 is 15.9 Å². The molecule has 0 heterocycles. The normalized spacial score (nSPS) is 12.2. The van der Waals surface area contributed by atoms with Crippen LogP contribution >= 0.6 is 15.9 Å². The van der Waals surface area contributed by atoms with E-state index in [2.05, 4.69) is 22.9 Å². The van der Waals surface area contributed by atoms with E-state index in [1.165, 1.54) is 31.7 Å². The lowest BCUT2D eigenvalue weighted by Crippen LogP contribution is -2.04. The Morgan fingerprint density at radius 3 is 2.36 bits per heavy atom. The molecule has 0 aromatic heterocycles. The van der Waals surface area contributed by atoms with Crippen molar-refractivity contribution in [1.82, 2.24) is 0 Å². The number of aliphatic hydroxyl groups excluding tert-OH is 1. The summed E-state index contributed by atoms with van der Waals surface area (Å²) in [7, 11) is 0. The fourth-order valence-electron chi connectivity index (χ4n) is 2.72. The molecule has 1 atom stereocenters. The van der Waals surface area contributed by atoms with E-state index in [4.69, 9.17) is 4.74 Å². The predicted molar refractivity (Wildman–Crippen MR) is 103 cm³/mol. The van der Waals surface area contributed by atoms with Crippen molar-refractivity contribution in [3.63, 3.8) is 0 Å². The van der Waals surface area contributed by atoms with Crippen LogP contribution in [0.2, 0.25) is 0 Å². The first-order chi connectivity index (χ1) is 12.1. The molecule has 0 aliphatic carbocycles. The second-order valence-corrected chi connectivity index (χ2v) is 7.17. The number of ether oxygens (including phenoxy) is 1. The lowest BCUT2D eigenvalue weighted by molar-refractivity contribution is 0.214. The molecule has 0 spiro atoms. The maximum Gasteiger partial charge on any atom is 0.133 e. The van der Waals surface area contributed by atoms with Gasteiger partial charge in [-0.05, 0) is 36.2 Å². The number of unbranched alkanes of at least 4 members (excludes halogenated alkanes) is 5. The van der Waals surface area contributed by atoms with Gasteiger partial charge < -0.3 is 9.84 Å². The molecular formula is C21H26BrFO2. The second kappa shape index (κ2) is 10.6. The van der Waals surface area contributed by atoms with Gasteiger partial charge in [-0.3, -0.25) is 0 Å². The van der Waals surface area contributed by atoms with Crippen LogP contribution in [-0.2, 0) is 0 Å². The highest BCUT2D eigenvalue weighted by Crippen LogP contribution is 2.28. The Kier molecular flexibility index (Phi) is 8.42. The summed E-state index contributed by atoms with van der Waals surface area (Å²) in [5.41, 5.74) is 0.914. The van der Waals surface area contributed by atoms with Gasteiger partial charge in [-0.15, -0.1) is 0 Å². The van der Waals surface area contributed by atoms with Crippen LogP contribution in [0.5, 0.6) is 5.75 Å². The lowest BCUT2D eigenvalue weighted by atomic mass is 10.0. The van der Waals surface area contributed by atoms with Gasteiger partial charge in [0.25, 0.3) is 0 Å². The van der Waals surface area contributed by atoms with Crippen LogP contribution in [0.25, 0.3) is 0 Å². The second-order valence-electron chi connectivity index (χ2n) is 6.25. The van der Waals surface area contributed by atoms with Crippen molar-refractivity contribution < 1.29 is 14.2 Å². The zero-order chi connectivity index (χ0) is 18.1. The molecule has 0 amide bonds. The van der Waals surface area contributed by atoms with E-state index in [0.29, 0.717) is 17.9 Å². The molecule has 4 heteroatoms. The molecule has 0 bridgehead atoms. The quantitative estimate of drug-likeness (QED) is 0.460. The first kappa shape index (κ1) is 19.9. The van der Waals surface area contributed by atoms with Gasteiger partial charge in [0.15, 0.2) is 0 Å². The number of hydrogen-bond donors (Lipinski definition) is 1. The van der Waals surface area contributed by atoms with Crippen LogP contribution in [0.4, 0.5) is 4.39 Å². The van der Waals surface area contributed by atoms with Crippen LogP contribution in [0.15, 0.2) is 46.9 Å².